The van der Waals surface area contributed by atoms with Crippen molar-refractivity contribution in [2.24, 2.45) is 16.8 Å². The molecule has 2 aromatic rings. The average molecular weight is 369 g/mol. The van der Waals surface area contributed by atoms with Crippen LogP contribution in [0.1, 0.15) is 11.1 Å². The summed E-state index contributed by atoms with van der Waals surface area (Å²) in [6, 6.07) is 9.10. The van der Waals surface area contributed by atoms with Gasteiger partial charge < -0.3 is 9.64 Å². The normalized spacial score (nSPS) is 28.6. The van der Waals surface area contributed by atoms with Crippen molar-refractivity contribution in [2.45, 2.75) is 11.8 Å². The van der Waals surface area contributed by atoms with Gasteiger partial charge >= 0.3 is 0 Å². The maximum absolute atomic E-state index is 13.6. The number of fused-ring (bicyclic) bond motifs is 2. The lowest BCUT2D eigenvalue weighted by atomic mass is 9.94. The van der Waals surface area contributed by atoms with Crippen molar-refractivity contribution in [2.75, 3.05) is 26.5 Å². The van der Waals surface area contributed by atoms with Gasteiger partial charge in [0, 0.05) is 24.6 Å². The first kappa shape index (κ1) is 16.1. The van der Waals surface area contributed by atoms with Crippen LogP contribution >= 0.6 is 11.8 Å². The third kappa shape index (κ3) is 2.21. The average Bonchev–Trinajstić information content (AvgIpc) is 2.98. The molecule has 2 heterocycles. The summed E-state index contributed by atoms with van der Waals surface area (Å²) in [7, 11) is 1.61. The smallest absolute Gasteiger partial charge is 0.213 e. The fourth-order valence-electron chi connectivity index (χ4n) is 5.04. The van der Waals surface area contributed by atoms with Crippen LogP contribution in [0.3, 0.4) is 0 Å². The molecule has 6 heteroatoms. The molecule has 0 radical (unpaired) electrons. The SMILES string of the molecule is COc1ccc(N=C(SC)N2C[C@@H]3[C@@H]4Cc5cc(F)ccc5[C@@]34C2)cn1. The molecule has 3 atom stereocenters. The quantitative estimate of drug-likeness (QED) is 0.598. The number of pyridine rings is 1. The van der Waals surface area contributed by atoms with Crippen molar-refractivity contribution in [1.29, 1.82) is 0 Å². The molecular formula is C20H20FN3OS. The number of halogens is 1. The van der Waals surface area contributed by atoms with E-state index in [9.17, 15) is 4.39 Å². The van der Waals surface area contributed by atoms with Gasteiger partial charge in [0.2, 0.25) is 5.88 Å². The van der Waals surface area contributed by atoms with Gasteiger partial charge in [0.05, 0.1) is 19.0 Å². The lowest BCUT2D eigenvalue weighted by Crippen LogP contribution is -2.32. The molecular weight excluding hydrogens is 349 g/mol. The van der Waals surface area contributed by atoms with E-state index in [4.69, 9.17) is 9.73 Å². The van der Waals surface area contributed by atoms with Crippen molar-refractivity contribution in [1.82, 2.24) is 9.88 Å². The highest BCUT2D eigenvalue weighted by Crippen LogP contribution is 2.69. The molecule has 1 aromatic carbocycles. The van der Waals surface area contributed by atoms with Crippen LogP contribution in [0.4, 0.5) is 10.1 Å². The number of hydrogen-bond donors (Lipinski definition) is 0. The van der Waals surface area contributed by atoms with Crippen LogP contribution in [0.5, 0.6) is 5.88 Å². The third-order valence-electron chi connectivity index (χ3n) is 6.19. The Bertz CT molecular complexity index is 900. The van der Waals surface area contributed by atoms with Gasteiger partial charge in [-0.15, -0.1) is 0 Å². The molecule has 4 nitrogen and oxygen atoms in total. The Labute approximate surface area is 156 Å². The van der Waals surface area contributed by atoms with E-state index in [1.807, 2.05) is 18.2 Å². The number of likely N-dealkylation sites (tertiary alicyclic amines) is 1. The number of methoxy groups -OCH3 is 1. The van der Waals surface area contributed by atoms with Crippen LogP contribution in [-0.2, 0) is 11.8 Å². The zero-order valence-electron chi connectivity index (χ0n) is 14.8. The van der Waals surface area contributed by atoms with E-state index in [1.165, 1.54) is 11.1 Å². The van der Waals surface area contributed by atoms with Gasteiger partial charge in [0.25, 0.3) is 0 Å². The van der Waals surface area contributed by atoms with Crippen molar-refractivity contribution >= 4 is 22.6 Å². The molecule has 5 rings (SSSR count). The zero-order valence-corrected chi connectivity index (χ0v) is 15.6. The van der Waals surface area contributed by atoms with E-state index in [-0.39, 0.29) is 11.2 Å². The first-order valence-corrected chi connectivity index (χ1v) is 10.0. The van der Waals surface area contributed by atoms with Crippen molar-refractivity contribution < 1.29 is 9.13 Å². The predicted octanol–water partition coefficient (Wildman–Crippen LogP) is 3.64. The Morgan fingerprint density at radius 1 is 1.35 bits per heavy atom. The summed E-state index contributed by atoms with van der Waals surface area (Å²) in [5.41, 5.74) is 3.62. The second kappa shape index (κ2) is 5.71. The summed E-state index contributed by atoms with van der Waals surface area (Å²) in [5, 5.41) is 1.02. The molecule has 1 aliphatic heterocycles. The number of aromatic nitrogens is 1. The van der Waals surface area contributed by atoms with Crippen molar-refractivity contribution in [3.05, 3.63) is 53.5 Å². The highest BCUT2D eigenvalue weighted by Gasteiger charge is 2.72. The number of piperidine rings is 1. The topological polar surface area (TPSA) is 37.7 Å². The summed E-state index contributed by atoms with van der Waals surface area (Å²) >= 11 is 1.67. The summed E-state index contributed by atoms with van der Waals surface area (Å²) in [6.07, 6.45) is 4.83. The molecule has 0 amide bonds. The standard InChI is InChI=1S/C20H20FN3OS/c1-25-18-6-4-14(9-22-18)23-19(26-2)24-10-17-16-8-12-7-13(21)3-5-15(12)20(16,17)11-24/h3-7,9,16-17H,8,10-11H2,1-2H3/t16-,17+,20+/m0/s1. The first-order chi connectivity index (χ1) is 12.7. The van der Waals surface area contributed by atoms with Crippen LogP contribution in [0.15, 0.2) is 41.5 Å². The minimum atomic E-state index is -0.119. The second-order valence-electron chi connectivity index (χ2n) is 7.30. The molecule has 0 N–H and O–H groups in total. The minimum absolute atomic E-state index is 0.119. The van der Waals surface area contributed by atoms with Crippen LogP contribution in [0, 0.1) is 17.7 Å². The van der Waals surface area contributed by atoms with Crippen LogP contribution in [0.2, 0.25) is 0 Å². The Kier molecular flexibility index (Phi) is 3.54. The molecule has 2 aliphatic carbocycles. The molecule has 1 aromatic heterocycles. The molecule has 134 valence electrons. The molecule has 26 heavy (non-hydrogen) atoms. The number of ether oxygens (including phenoxy) is 1. The number of aliphatic imine (C=N–C) groups is 1. The number of hydrogen-bond acceptors (Lipinski definition) is 4. The van der Waals surface area contributed by atoms with Crippen molar-refractivity contribution in [3.63, 3.8) is 0 Å². The Balaban J connectivity index is 1.40. The van der Waals surface area contributed by atoms with E-state index in [0.717, 1.165) is 30.4 Å². The fourth-order valence-corrected chi connectivity index (χ4v) is 5.63. The number of benzene rings is 1. The van der Waals surface area contributed by atoms with E-state index in [2.05, 4.69) is 16.1 Å². The third-order valence-corrected chi connectivity index (χ3v) is 6.90. The number of thioether (sulfide) groups is 1. The largest absolute Gasteiger partial charge is 0.481 e. The molecule has 0 bridgehead atoms. The van der Waals surface area contributed by atoms with Gasteiger partial charge in [-0.05, 0) is 53.8 Å². The fraction of sp³-hybridized carbons (Fsp3) is 0.400. The molecule has 3 aliphatic rings. The predicted molar refractivity (Wildman–Crippen MR) is 102 cm³/mol. The molecule has 1 spiro atoms. The minimum Gasteiger partial charge on any atom is -0.481 e. The highest BCUT2D eigenvalue weighted by molar-refractivity contribution is 8.13. The van der Waals surface area contributed by atoms with Gasteiger partial charge in [-0.1, -0.05) is 17.8 Å². The maximum atomic E-state index is 13.6. The second-order valence-corrected chi connectivity index (χ2v) is 8.07. The maximum Gasteiger partial charge on any atom is 0.213 e. The summed E-state index contributed by atoms with van der Waals surface area (Å²) in [5.74, 6) is 1.83. The summed E-state index contributed by atoms with van der Waals surface area (Å²) < 4.78 is 18.7. The summed E-state index contributed by atoms with van der Waals surface area (Å²) in [6.45, 7) is 2.01. The van der Waals surface area contributed by atoms with Gasteiger partial charge in [0.15, 0.2) is 5.17 Å². The monoisotopic (exact) mass is 369 g/mol. The number of rotatable bonds is 2. The molecule has 2 fully saturated rings. The Morgan fingerprint density at radius 2 is 2.23 bits per heavy atom. The molecule has 0 unspecified atom stereocenters. The van der Waals surface area contributed by atoms with Gasteiger partial charge in [-0.3, -0.25) is 0 Å². The Morgan fingerprint density at radius 3 is 2.96 bits per heavy atom. The summed E-state index contributed by atoms with van der Waals surface area (Å²) in [4.78, 5) is 11.4. The van der Waals surface area contributed by atoms with Gasteiger partial charge in [-0.2, -0.15) is 0 Å². The van der Waals surface area contributed by atoms with E-state index in [1.54, 1.807) is 37.2 Å². The van der Waals surface area contributed by atoms with E-state index >= 15 is 0 Å². The molecule has 1 saturated carbocycles. The van der Waals surface area contributed by atoms with E-state index in [0.29, 0.717) is 17.7 Å². The number of nitrogens with zero attached hydrogens (tertiary/aromatic N) is 3. The van der Waals surface area contributed by atoms with E-state index < -0.39 is 0 Å². The van der Waals surface area contributed by atoms with Crippen molar-refractivity contribution in [3.8, 4) is 5.88 Å². The van der Waals surface area contributed by atoms with Crippen LogP contribution < -0.4 is 4.74 Å². The lowest BCUT2D eigenvalue weighted by molar-refractivity contribution is 0.398. The lowest BCUT2D eigenvalue weighted by Gasteiger charge is -2.24. The van der Waals surface area contributed by atoms with Gasteiger partial charge in [-0.25, -0.2) is 14.4 Å². The first-order valence-electron chi connectivity index (χ1n) is 8.82. The molecule has 1 saturated heterocycles. The number of amidine groups is 1. The van der Waals surface area contributed by atoms with Gasteiger partial charge in [0.1, 0.15) is 5.82 Å². The highest BCUT2D eigenvalue weighted by atomic mass is 32.2. The zero-order chi connectivity index (χ0) is 17.9. The Hall–Kier alpha value is -2.08. The van der Waals surface area contributed by atoms with Crippen LogP contribution in [0.25, 0.3) is 0 Å². The van der Waals surface area contributed by atoms with Crippen LogP contribution in [-0.4, -0.2) is 41.5 Å².